The van der Waals surface area contributed by atoms with E-state index in [-0.39, 0.29) is 24.1 Å². The lowest BCUT2D eigenvalue weighted by Crippen LogP contribution is -2.54. The third-order valence-corrected chi connectivity index (χ3v) is 4.25. The highest BCUT2D eigenvalue weighted by Gasteiger charge is 2.38. The number of carbonyl (C=O) groups excluding carboxylic acids is 1. The highest BCUT2D eigenvalue weighted by atomic mass is 16.5. The number of nitrogens with one attached hydrogen (secondary N) is 1. The Labute approximate surface area is 119 Å². The molecule has 0 radical (unpaired) electrons. The lowest BCUT2D eigenvalue weighted by Gasteiger charge is -2.37. The number of morpholine rings is 1. The van der Waals surface area contributed by atoms with Crippen molar-refractivity contribution in [3.8, 4) is 0 Å². The van der Waals surface area contributed by atoms with Crippen molar-refractivity contribution in [2.75, 3.05) is 19.7 Å². The summed E-state index contributed by atoms with van der Waals surface area (Å²) in [7, 11) is 0. The zero-order valence-electron chi connectivity index (χ0n) is 12.0. The number of nitrogens with zero attached hydrogens (tertiary/aromatic N) is 1. The van der Waals surface area contributed by atoms with E-state index in [2.05, 4.69) is 5.32 Å². The van der Waals surface area contributed by atoms with E-state index in [0.29, 0.717) is 32.5 Å². The number of ether oxygens (including phenoxy) is 1. The summed E-state index contributed by atoms with van der Waals surface area (Å²) in [5.41, 5.74) is 0. The number of carboxylic acid groups (broad SMARTS) is 1. The maximum Gasteiger partial charge on any atom is 0.317 e. The maximum absolute atomic E-state index is 12.2. The third kappa shape index (κ3) is 3.62. The summed E-state index contributed by atoms with van der Waals surface area (Å²) in [6.07, 6.45) is 4.68. The quantitative estimate of drug-likeness (QED) is 0.749. The predicted octanol–water partition coefficient (Wildman–Crippen LogP) is 1.45. The molecule has 3 unspecified atom stereocenters. The van der Waals surface area contributed by atoms with Crippen molar-refractivity contribution in [3.63, 3.8) is 0 Å². The number of carbonyl (C=O) groups is 2. The first kappa shape index (κ1) is 15.1. The van der Waals surface area contributed by atoms with Crippen LogP contribution in [0.1, 0.15) is 39.0 Å². The Balaban J connectivity index is 1.70. The highest BCUT2D eigenvalue weighted by Crippen LogP contribution is 2.29. The van der Waals surface area contributed by atoms with Gasteiger partial charge in [0.05, 0.1) is 24.7 Å². The molecular formula is C14H24N2O4. The topological polar surface area (TPSA) is 78.9 Å². The molecular weight excluding hydrogens is 260 g/mol. The summed E-state index contributed by atoms with van der Waals surface area (Å²) >= 11 is 0. The van der Waals surface area contributed by atoms with Gasteiger partial charge in [-0.25, -0.2) is 4.79 Å². The second kappa shape index (κ2) is 6.92. The zero-order valence-corrected chi connectivity index (χ0v) is 12.0. The van der Waals surface area contributed by atoms with Gasteiger partial charge in [0.1, 0.15) is 0 Å². The fourth-order valence-electron chi connectivity index (χ4n) is 3.01. The molecule has 3 atom stereocenters. The molecule has 2 amide bonds. The predicted molar refractivity (Wildman–Crippen MR) is 73.5 cm³/mol. The Bertz CT molecular complexity index is 361. The van der Waals surface area contributed by atoms with Gasteiger partial charge in [0, 0.05) is 13.1 Å². The minimum atomic E-state index is -0.779. The molecule has 1 saturated heterocycles. The molecule has 1 aliphatic carbocycles. The largest absolute Gasteiger partial charge is 0.481 e. The van der Waals surface area contributed by atoms with Crippen molar-refractivity contribution in [1.29, 1.82) is 0 Å². The Kier molecular flexibility index (Phi) is 5.23. The van der Waals surface area contributed by atoms with E-state index in [1.54, 1.807) is 6.92 Å². The maximum atomic E-state index is 12.2. The van der Waals surface area contributed by atoms with Crippen LogP contribution in [0.3, 0.4) is 0 Å². The van der Waals surface area contributed by atoms with Crippen molar-refractivity contribution in [2.45, 2.75) is 51.2 Å². The molecule has 2 N–H and O–H groups in total. The molecule has 2 aliphatic rings. The molecule has 1 heterocycles. The highest BCUT2D eigenvalue weighted by molar-refractivity contribution is 5.74. The smallest absolute Gasteiger partial charge is 0.317 e. The number of fused-ring (bicyclic) bond motifs is 1. The molecule has 1 saturated carbocycles. The van der Waals surface area contributed by atoms with E-state index in [9.17, 15) is 9.59 Å². The Morgan fingerprint density at radius 1 is 1.45 bits per heavy atom. The summed E-state index contributed by atoms with van der Waals surface area (Å²) < 4.78 is 5.68. The summed E-state index contributed by atoms with van der Waals surface area (Å²) in [6.45, 7) is 3.49. The van der Waals surface area contributed by atoms with Crippen molar-refractivity contribution < 1.29 is 19.4 Å². The van der Waals surface area contributed by atoms with Gasteiger partial charge in [0.15, 0.2) is 0 Å². The number of urea groups is 1. The molecule has 0 spiro atoms. The summed E-state index contributed by atoms with van der Waals surface area (Å²) in [5.74, 6) is -1.13. The molecule has 2 rings (SSSR count). The molecule has 20 heavy (non-hydrogen) atoms. The van der Waals surface area contributed by atoms with Crippen LogP contribution in [-0.2, 0) is 9.53 Å². The monoisotopic (exact) mass is 284 g/mol. The van der Waals surface area contributed by atoms with E-state index in [0.717, 1.165) is 19.3 Å². The molecule has 0 aromatic rings. The van der Waals surface area contributed by atoms with Crippen molar-refractivity contribution in [3.05, 3.63) is 0 Å². The fraction of sp³-hybridized carbons (Fsp3) is 0.857. The van der Waals surface area contributed by atoms with E-state index < -0.39 is 5.97 Å². The van der Waals surface area contributed by atoms with Crippen LogP contribution in [0.2, 0.25) is 0 Å². The van der Waals surface area contributed by atoms with Gasteiger partial charge in [-0.2, -0.15) is 0 Å². The number of aliphatic carboxylic acids is 1. The van der Waals surface area contributed by atoms with Gasteiger partial charge in [-0.05, 0) is 32.1 Å². The Morgan fingerprint density at radius 2 is 2.25 bits per heavy atom. The molecule has 0 aromatic carbocycles. The average molecular weight is 284 g/mol. The van der Waals surface area contributed by atoms with Crippen molar-refractivity contribution in [1.82, 2.24) is 10.2 Å². The van der Waals surface area contributed by atoms with Crippen LogP contribution < -0.4 is 5.32 Å². The number of hydrogen-bond acceptors (Lipinski definition) is 3. The van der Waals surface area contributed by atoms with E-state index in [1.807, 2.05) is 4.90 Å². The van der Waals surface area contributed by atoms with Crippen LogP contribution in [0.15, 0.2) is 0 Å². The Morgan fingerprint density at radius 3 is 3.00 bits per heavy atom. The molecule has 1 aliphatic heterocycles. The lowest BCUT2D eigenvalue weighted by molar-refractivity contribution is -0.141. The van der Waals surface area contributed by atoms with Crippen LogP contribution in [0.25, 0.3) is 0 Å². The molecule has 0 bridgehead atoms. The number of carboxylic acids is 1. The normalized spacial score (nSPS) is 26.9. The first-order valence-corrected chi connectivity index (χ1v) is 7.48. The SMILES string of the molecule is CC(CCCNC(=O)N1CCOC2CCCC21)C(=O)O. The number of hydrogen-bond donors (Lipinski definition) is 2. The lowest BCUT2D eigenvalue weighted by atomic mass is 10.1. The van der Waals surface area contributed by atoms with Crippen LogP contribution in [-0.4, -0.2) is 53.8 Å². The first-order valence-electron chi connectivity index (χ1n) is 7.48. The van der Waals surface area contributed by atoms with Gasteiger partial charge in [0.25, 0.3) is 0 Å². The van der Waals surface area contributed by atoms with Gasteiger partial charge in [-0.1, -0.05) is 6.92 Å². The minimum Gasteiger partial charge on any atom is -0.481 e. The van der Waals surface area contributed by atoms with Crippen LogP contribution in [0.4, 0.5) is 4.79 Å². The van der Waals surface area contributed by atoms with Crippen molar-refractivity contribution in [2.24, 2.45) is 5.92 Å². The van der Waals surface area contributed by atoms with Gasteiger partial charge < -0.3 is 20.1 Å². The molecule has 0 aromatic heterocycles. The standard InChI is InChI=1S/C14H24N2O4/c1-10(13(17)18)4-3-7-15-14(19)16-8-9-20-12-6-2-5-11(12)16/h10-12H,2-9H2,1H3,(H,15,19)(H,17,18). The van der Waals surface area contributed by atoms with Gasteiger partial charge in [-0.3, -0.25) is 4.79 Å². The van der Waals surface area contributed by atoms with E-state index in [1.165, 1.54) is 0 Å². The summed E-state index contributed by atoms with van der Waals surface area (Å²) in [4.78, 5) is 24.7. The average Bonchev–Trinajstić information content (AvgIpc) is 2.90. The van der Waals surface area contributed by atoms with Gasteiger partial charge in [0.2, 0.25) is 0 Å². The zero-order chi connectivity index (χ0) is 14.5. The van der Waals surface area contributed by atoms with Crippen LogP contribution in [0, 0.1) is 5.92 Å². The van der Waals surface area contributed by atoms with E-state index in [4.69, 9.17) is 9.84 Å². The summed E-state index contributed by atoms with van der Waals surface area (Å²) in [6, 6.07) is 0.190. The van der Waals surface area contributed by atoms with Crippen LogP contribution in [0.5, 0.6) is 0 Å². The second-order valence-corrected chi connectivity index (χ2v) is 5.71. The molecule has 6 heteroatoms. The Hall–Kier alpha value is -1.30. The third-order valence-electron chi connectivity index (χ3n) is 4.25. The first-order chi connectivity index (χ1) is 9.59. The van der Waals surface area contributed by atoms with Gasteiger partial charge in [-0.15, -0.1) is 0 Å². The molecule has 114 valence electrons. The van der Waals surface area contributed by atoms with Crippen LogP contribution >= 0.6 is 0 Å². The van der Waals surface area contributed by atoms with Crippen molar-refractivity contribution >= 4 is 12.0 Å². The number of rotatable bonds is 5. The fourth-order valence-corrected chi connectivity index (χ4v) is 3.01. The molecule has 6 nitrogen and oxygen atoms in total. The minimum absolute atomic E-state index is 0.0341. The van der Waals surface area contributed by atoms with Gasteiger partial charge >= 0.3 is 12.0 Å². The second-order valence-electron chi connectivity index (χ2n) is 5.71. The van der Waals surface area contributed by atoms with E-state index >= 15 is 0 Å². The number of amides is 2. The summed E-state index contributed by atoms with van der Waals surface area (Å²) in [5, 5.41) is 11.7. The molecule has 2 fully saturated rings.